The lowest BCUT2D eigenvalue weighted by atomic mass is 9.82. The maximum absolute atomic E-state index is 13.1. The van der Waals surface area contributed by atoms with Crippen LogP contribution in [0.4, 0.5) is 5.69 Å². The van der Waals surface area contributed by atoms with E-state index >= 15 is 0 Å². The van der Waals surface area contributed by atoms with Gasteiger partial charge in [-0.05, 0) is 30.3 Å². The third kappa shape index (κ3) is 4.43. The van der Waals surface area contributed by atoms with Gasteiger partial charge in [0, 0.05) is 23.8 Å². The van der Waals surface area contributed by atoms with E-state index in [1.54, 1.807) is 45.5 Å². The first-order valence-corrected chi connectivity index (χ1v) is 14.3. The van der Waals surface area contributed by atoms with Crippen LogP contribution in [0.25, 0.3) is 0 Å². The van der Waals surface area contributed by atoms with Crippen molar-refractivity contribution in [1.29, 1.82) is 0 Å². The van der Waals surface area contributed by atoms with E-state index in [0.717, 1.165) is 17.1 Å². The van der Waals surface area contributed by atoms with Crippen molar-refractivity contribution in [3.63, 3.8) is 0 Å². The molecule has 2 aromatic rings. The summed E-state index contributed by atoms with van der Waals surface area (Å²) >= 11 is 0. The van der Waals surface area contributed by atoms with Gasteiger partial charge >= 0.3 is 0 Å². The maximum Gasteiger partial charge on any atom is 0.250 e. The number of amides is 1. The van der Waals surface area contributed by atoms with Crippen LogP contribution in [0.15, 0.2) is 30.3 Å². The second kappa shape index (κ2) is 9.41. The molecule has 1 heterocycles. The molecule has 0 bridgehead atoms. The number of methoxy groups -OCH3 is 4. The first kappa shape index (κ1) is 25.7. The smallest absolute Gasteiger partial charge is 0.250 e. The van der Waals surface area contributed by atoms with Crippen molar-refractivity contribution >= 4 is 19.9 Å². The third-order valence-corrected chi connectivity index (χ3v) is 11.4. The van der Waals surface area contributed by atoms with E-state index in [4.69, 9.17) is 23.4 Å². The molecular weight excluding hydrogens is 450 g/mol. The van der Waals surface area contributed by atoms with Crippen LogP contribution in [0.3, 0.4) is 0 Å². The Morgan fingerprint density at radius 2 is 1.44 bits per heavy atom. The number of nitrogens with zero attached hydrogens (tertiary/aromatic N) is 1. The quantitative estimate of drug-likeness (QED) is 0.345. The van der Waals surface area contributed by atoms with Gasteiger partial charge in [0.2, 0.25) is 20.0 Å². The summed E-state index contributed by atoms with van der Waals surface area (Å²) < 4.78 is 28.7. The SMILES string of the molecule is COc1ccc(C2C(C)C(=O)N2c2cc(OC)c(OC)c(OC)c2)c(O[Si](C)(C)C(C)(C)C)c1. The van der Waals surface area contributed by atoms with Gasteiger partial charge in [-0.1, -0.05) is 27.7 Å². The number of hydrogen-bond acceptors (Lipinski definition) is 6. The molecule has 2 aromatic carbocycles. The highest BCUT2D eigenvalue weighted by Crippen LogP contribution is 2.51. The van der Waals surface area contributed by atoms with Crippen LogP contribution in [0, 0.1) is 5.92 Å². The fraction of sp³-hybridized carbons (Fsp3) is 0.500. The van der Waals surface area contributed by atoms with Gasteiger partial charge in [0.05, 0.1) is 46.1 Å². The molecule has 2 atom stereocenters. The van der Waals surface area contributed by atoms with Crippen LogP contribution >= 0.6 is 0 Å². The van der Waals surface area contributed by atoms with Crippen molar-refractivity contribution in [3.05, 3.63) is 35.9 Å². The van der Waals surface area contributed by atoms with Crippen LogP contribution in [0.2, 0.25) is 18.1 Å². The lowest BCUT2D eigenvalue weighted by Crippen LogP contribution is -2.54. The topological polar surface area (TPSA) is 66.5 Å². The lowest BCUT2D eigenvalue weighted by molar-refractivity contribution is -0.129. The molecule has 1 amide bonds. The normalized spacial score (nSPS) is 18.3. The van der Waals surface area contributed by atoms with E-state index in [1.165, 1.54) is 0 Å². The molecule has 3 rings (SSSR count). The monoisotopic (exact) mass is 487 g/mol. The molecule has 0 spiro atoms. The number of rotatable bonds is 8. The van der Waals surface area contributed by atoms with E-state index in [-0.39, 0.29) is 22.9 Å². The highest BCUT2D eigenvalue weighted by molar-refractivity contribution is 6.74. The van der Waals surface area contributed by atoms with Crippen LogP contribution in [0.5, 0.6) is 28.7 Å². The Morgan fingerprint density at radius 3 is 1.91 bits per heavy atom. The van der Waals surface area contributed by atoms with E-state index in [1.807, 2.05) is 25.1 Å². The Hall–Kier alpha value is -2.87. The Bertz CT molecular complexity index is 1040. The fourth-order valence-corrected chi connectivity index (χ4v) is 4.97. The second-order valence-electron chi connectivity index (χ2n) is 10.1. The summed E-state index contributed by atoms with van der Waals surface area (Å²) in [6.45, 7) is 13.0. The van der Waals surface area contributed by atoms with Crippen LogP contribution in [-0.2, 0) is 4.79 Å². The number of anilines is 1. The molecule has 1 fully saturated rings. The molecule has 0 N–H and O–H groups in total. The molecule has 8 heteroatoms. The van der Waals surface area contributed by atoms with Gasteiger partial charge in [0.1, 0.15) is 11.5 Å². The van der Waals surface area contributed by atoms with Gasteiger partial charge in [0.25, 0.3) is 0 Å². The third-order valence-electron chi connectivity index (χ3n) is 7.02. The molecule has 186 valence electrons. The zero-order valence-electron chi connectivity index (χ0n) is 21.9. The predicted molar refractivity (Wildman–Crippen MR) is 136 cm³/mol. The highest BCUT2D eigenvalue weighted by Gasteiger charge is 2.48. The van der Waals surface area contributed by atoms with Gasteiger partial charge in [-0.25, -0.2) is 0 Å². The van der Waals surface area contributed by atoms with E-state index in [2.05, 4.69) is 33.9 Å². The number of carbonyl (C=O) groups excluding carboxylic acids is 1. The first-order chi connectivity index (χ1) is 15.9. The van der Waals surface area contributed by atoms with Crippen molar-refractivity contribution in [2.75, 3.05) is 33.3 Å². The van der Waals surface area contributed by atoms with E-state index in [0.29, 0.717) is 22.9 Å². The summed E-state index contributed by atoms with van der Waals surface area (Å²) in [5, 5.41) is 0.0186. The number of carbonyl (C=O) groups is 1. The van der Waals surface area contributed by atoms with E-state index < -0.39 is 8.32 Å². The zero-order chi connectivity index (χ0) is 25.4. The van der Waals surface area contributed by atoms with Crippen molar-refractivity contribution in [1.82, 2.24) is 0 Å². The summed E-state index contributed by atoms with van der Waals surface area (Å²) in [5.41, 5.74) is 1.63. The average molecular weight is 488 g/mol. The molecular formula is C26H37NO6Si. The summed E-state index contributed by atoms with van der Waals surface area (Å²) in [6.07, 6.45) is 0. The number of benzene rings is 2. The summed E-state index contributed by atoms with van der Waals surface area (Å²) in [5.74, 6) is 2.76. The zero-order valence-corrected chi connectivity index (χ0v) is 22.9. The largest absolute Gasteiger partial charge is 0.543 e. The molecule has 2 unspecified atom stereocenters. The Balaban J connectivity index is 2.12. The van der Waals surface area contributed by atoms with Crippen molar-refractivity contribution in [2.45, 2.75) is 51.9 Å². The van der Waals surface area contributed by atoms with Gasteiger partial charge in [-0.2, -0.15) is 0 Å². The van der Waals surface area contributed by atoms with Crippen LogP contribution in [-0.4, -0.2) is 42.7 Å². The molecule has 1 aliphatic rings. The van der Waals surface area contributed by atoms with Crippen LogP contribution in [0.1, 0.15) is 39.3 Å². The molecule has 0 aromatic heterocycles. The predicted octanol–water partition coefficient (Wildman–Crippen LogP) is 5.83. The molecule has 0 aliphatic carbocycles. The first-order valence-electron chi connectivity index (χ1n) is 11.4. The Labute approximate surface area is 204 Å². The second-order valence-corrected chi connectivity index (χ2v) is 14.8. The van der Waals surface area contributed by atoms with E-state index in [9.17, 15) is 4.79 Å². The van der Waals surface area contributed by atoms with Crippen molar-refractivity contribution in [3.8, 4) is 28.7 Å². The molecule has 1 aliphatic heterocycles. The maximum atomic E-state index is 13.1. The van der Waals surface area contributed by atoms with Crippen molar-refractivity contribution < 1.29 is 28.2 Å². The van der Waals surface area contributed by atoms with Gasteiger partial charge in [-0.3, -0.25) is 4.79 Å². The highest BCUT2D eigenvalue weighted by atomic mass is 28.4. The molecule has 0 radical (unpaired) electrons. The van der Waals surface area contributed by atoms with Gasteiger partial charge in [0.15, 0.2) is 11.5 Å². The van der Waals surface area contributed by atoms with Crippen LogP contribution < -0.4 is 28.3 Å². The Morgan fingerprint density at radius 1 is 0.853 bits per heavy atom. The summed E-state index contributed by atoms with van der Waals surface area (Å²) in [7, 11) is 4.18. The number of β-lactam (4-membered cyclic amide) rings is 1. The number of ether oxygens (including phenoxy) is 4. The molecule has 0 saturated carbocycles. The van der Waals surface area contributed by atoms with Gasteiger partial charge < -0.3 is 28.3 Å². The standard InChI is InChI=1S/C26H37NO6Si/c1-16-23(19-12-11-18(29-5)15-20(19)33-34(9,10)26(2,3)4)27(25(16)28)17-13-21(30-6)24(32-8)22(14-17)31-7/h11-16,23H,1-10H3. The minimum absolute atomic E-state index is 0.0186. The van der Waals surface area contributed by atoms with Gasteiger partial charge in [-0.15, -0.1) is 0 Å². The molecule has 7 nitrogen and oxygen atoms in total. The summed E-state index contributed by atoms with van der Waals surface area (Å²) in [4.78, 5) is 14.9. The summed E-state index contributed by atoms with van der Waals surface area (Å²) in [6, 6.07) is 9.24. The molecule has 1 saturated heterocycles. The molecule has 34 heavy (non-hydrogen) atoms. The minimum Gasteiger partial charge on any atom is -0.543 e. The van der Waals surface area contributed by atoms with Crippen molar-refractivity contribution in [2.24, 2.45) is 5.92 Å². The number of hydrogen-bond donors (Lipinski definition) is 0. The Kier molecular flexibility index (Phi) is 7.12. The average Bonchev–Trinajstić information content (AvgIpc) is 2.80. The lowest BCUT2D eigenvalue weighted by Gasteiger charge is -2.47. The fourth-order valence-electron chi connectivity index (χ4n) is 3.94. The minimum atomic E-state index is -2.15.